The highest BCUT2D eigenvalue weighted by Crippen LogP contribution is 2.39. The molecular formula is C14H19N5O2. The molecule has 1 aliphatic rings. The Morgan fingerprint density at radius 3 is 2.90 bits per heavy atom. The Morgan fingerprint density at radius 2 is 2.29 bits per heavy atom. The number of aromatic nitrogens is 4. The predicted molar refractivity (Wildman–Crippen MR) is 77.3 cm³/mol. The van der Waals surface area contributed by atoms with Crippen molar-refractivity contribution in [2.24, 2.45) is 5.92 Å². The topological polar surface area (TPSA) is 92.4 Å². The molecule has 2 aromatic rings. The Bertz CT molecular complexity index is 664. The summed E-state index contributed by atoms with van der Waals surface area (Å²) in [5, 5.41) is 20.8. The van der Waals surface area contributed by atoms with E-state index in [-0.39, 0.29) is 5.92 Å². The largest absolute Gasteiger partial charge is 0.480 e. The van der Waals surface area contributed by atoms with Crippen molar-refractivity contribution in [2.45, 2.75) is 45.1 Å². The average molecular weight is 289 g/mol. The van der Waals surface area contributed by atoms with Gasteiger partial charge in [-0.05, 0) is 18.8 Å². The molecule has 2 atom stereocenters. The highest BCUT2D eigenvalue weighted by Gasteiger charge is 2.30. The van der Waals surface area contributed by atoms with Gasteiger partial charge in [0, 0.05) is 18.3 Å². The summed E-state index contributed by atoms with van der Waals surface area (Å²) in [4.78, 5) is 15.7. The smallest absolute Gasteiger partial charge is 0.326 e. The maximum Gasteiger partial charge on any atom is 0.326 e. The molecule has 0 saturated heterocycles. The third-order valence-corrected chi connectivity index (χ3v) is 4.07. The van der Waals surface area contributed by atoms with Crippen LogP contribution in [0.2, 0.25) is 0 Å². The van der Waals surface area contributed by atoms with E-state index in [0.29, 0.717) is 17.4 Å². The number of anilines is 1. The van der Waals surface area contributed by atoms with Crippen LogP contribution in [0.1, 0.15) is 44.9 Å². The van der Waals surface area contributed by atoms with Crippen molar-refractivity contribution >= 4 is 17.4 Å². The van der Waals surface area contributed by atoms with Crippen LogP contribution in [0.4, 0.5) is 5.82 Å². The number of hydrogen-bond donors (Lipinski definition) is 2. The lowest BCUT2D eigenvalue weighted by atomic mass is 9.99. The number of aliphatic carboxylic acids is 1. The van der Waals surface area contributed by atoms with Gasteiger partial charge in [-0.25, -0.2) is 9.78 Å². The summed E-state index contributed by atoms with van der Waals surface area (Å²) in [6, 6.07) is -0.685. The lowest BCUT2D eigenvalue weighted by Gasteiger charge is -2.20. The minimum absolute atomic E-state index is 0.00428. The Morgan fingerprint density at radius 1 is 1.52 bits per heavy atom. The van der Waals surface area contributed by atoms with Gasteiger partial charge in [0.25, 0.3) is 0 Å². The average Bonchev–Trinajstić information content (AvgIpc) is 3.23. The van der Waals surface area contributed by atoms with E-state index in [4.69, 9.17) is 0 Å². The molecule has 0 unspecified atom stereocenters. The standard InChI is InChI=1S/C14H19N5O2/c1-3-8(2)10(14(20)21)16-11-13-18-17-12(9-4-5-9)19(13)7-6-15-11/h6-10H,3-5H2,1-2H3,(H,15,16)(H,20,21)/t8-,10-/m0/s1. The van der Waals surface area contributed by atoms with Crippen molar-refractivity contribution in [3.63, 3.8) is 0 Å². The highest BCUT2D eigenvalue weighted by molar-refractivity contribution is 5.79. The molecular weight excluding hydrogens is 270 g/mol. The molecule has 21 heavy (non-hydrogen) atoms. The Labute approximate surface area is 122 Å². The first-order chi connectivity index (χ1) is 10.1. The van der Waals surface area contributed by atoms with E-state index in [9.17, 15) is 9.90 Å². The third kappa shape index (κ3) is 2.55. The second kappa shape index (κ2) is 5.31. The number of nitrogens with one attached hydrogen (secondary N) is 1. The van der Waals surface area contributed by atoms with Crippen molar-refractivity contribution < 1.29 is 9.90 Å². The van der Waals surface area contributed by atoms with E-state index < -0.39 is 12.0 Å². The van der Waals surface area contributed by atoms with Crippen LogP contribution in [0.5, 0.6) is 0 Å². The first kappa shape index (κ1) is 13.8. The Balaban J connectivity index is 1.94. The normalized spacial score (nSPS) is 17.6. The first-order valence-corrected chi connectivity index (χ1v) is 7.30. The van der Waals surface area contributed by atoms with E-state index in [1.54, 1.807) is 6.20 Å². The van der Waals surface area contributed by atoms with Crippen molar-refractivity contribution in [2.75, 3.05) is 5.32 Å². The van der Waals surface area contributed by atoms with Gasteiger partial charge in [0.15, 0.2) is 5.82 Å². The number of carboxylic acids is 1. The number of rotatable bonds is 6. The van der Waals surface area contributed by atoms with E-state index in [1.807, 2.05) is 24.4 Å². The zero-order chi connectivity index (χ0) is 15.0. The predicted octanol–water partition coefficient (Wildman–Crippen LogP) is 1.91. The molecule has 2 N–H and O–H groups in total. The summed E-state index contributed by atoms with van der Waals surface area (Å²) in [6.07, 6.45) is 6.52. The van der Waals surface area contributed by atoms with E-state index in [1.165, 1.54) is 0 Å². The molecule has 112 valence electrons. The third-order valence-electron chi connectivity index (χ3n) is 4.07. The molecule has 2 aromatic heterocycles. The quantitative estimate of drug-likeness (QED) is 0.844. The molecule has 0 aliphatic heterocycles. The monoisotopic (exact) mass is 289 g/mol. The van der Waals surface area contributed by atoms with Gasteiger partial charge in [-0.3, -0.25) is 4.40 Å². The van der Waals surface area contributed by atoms with Gasteiger partial charge in [0.05, 0.1) is 0 Å². The molecule has 1 aliphatic carbocycles. The van der Waals surface area contributed by atoms with Crippen LogP contribution in [-0.4, -0.2) is 36.7 Å². The highest BCUT2D eigenvalue weighted by atomic mass is 16.4. The number of hydrogen-bond acceptors (Lipinski definition) is 5. The first-order valence-electron chi connectivity index (χ1n) is 7.30. The van der Waals surface area contributed by atoms with Gasteiger partial charge in [-0.1, -0.05) is 20.3 Å². The summed E-state index contributed by atoms with van der Waals surface area (Å²) < 4.78 is 1.91. The van der Waals surface area contributed by atoms with Crippen LogP contribution in [0.25, 0.3) is 5.65 Å². The van der Waals surface area contributed by atoms with Crippen molar-refractivity contribution in [1.82, 2.24) is 19.6 Å². The van der Waals surface area contributed by atoms with E-state index >= 15 is 0 Å². The number of fused-ring (bicyclic) bond motifs is 1. The zero-order valence-electron chi connectivity index (χ0n) is 12.2. The van der Waals surface area contributed by atoms with Gasteiger partial charge < -0.3 is 10.4 Å². The summed E-state index contributed by atoms with van der Waals surface area (Å²) in [5.41, 5.74) is 0.592. The molecule has 0 radical (unpaired) electrons. The molecule has 0 amide bonds. The summed E-state index contributed by atoms with van der Waals surface area (Å²) in [6.45, 7) is 3.88. The minimum atomic E-state index is -0.880. The second-order valence-corrected chi connectivity index (χ2v) is 5.65. The zero-order valence-corrected chi connectivity index (χ0v) is 12.2. The van der Waals surface area contributed by atoms with E-state index in [0.717, 1.165) is 25.1 Å². The summed E-state index contributed by atoms with van der Waals surface area (Å²) in [5.74, 6) is 1.00. The van der Waals surface area contributed by atoms with Gasteiger partial charge >= 0.3 is 5.97 Å². The summed E-state index contributed by atoms with van der Waals surface area (Å²) in [7, 11) is 0. The number of carboxylic acid groups (broad SMARTS) is 1. The SMILES string of the molecule is CC[C@H](C)[C@H](Nc1nccn2c(C3CC3)nnc12)C(=O)O. The molecule has 7 heteroatoms. The number of carbonyl (C=O) groups is 1. The van der Waals surface area contributed by atoms with Crippen molar-refractivity contribution in [1.29, 1.82) is 0 Å². The van der Waals surface area contributed by atoms with Gasteiger partial charge in [-0.15, -0.1) is 10.2 Å². The molecule has 0 spiro atoms. The fraction of sp³-hybridized carbons (Fsp3) is 0.571. The molecule has 1 fully saturated rings. The summed E-state index contributed by atoms with van der Waals surface area (Å²) >= 11 is 0. The van der Waals surface area contributed by atoms with Gasteiger partial charge in [0.1, 0.15) is 11.9 Å². The molecule has 0 aromatic carbocycles. The number of nitrogens with zero attached hydrogens (tertiary/aromatic N) is 4. The molecule has 3 rings (SSSR count). The van der Waals surface area contributed by atoms with Gasteiger partial charge in [-0.2, -0.15) is 0 Å². The van der Waals surface area contributed by atoms with Crippen LogP contribution < -0.4 is 5.32 Å². The fourth-order valence-corrected chi connectivity index (χ4v) is 2.40. The second-order valence-electron chi connectivity index (χ2n) is 5.65. The lowest BCUT2D eigenvalue weighted by molar-refractivity contribution is -0.139. The molecule has 2 heterocycles. The Hall–Kier alpha value is -2.18. The maximum absolute atomic E-state index is 11.4. The molecule has 7 nitrogen and oxygen atoms in total. The van der Waals surface area contributed by atoms with Crippen LogP contribution in [0.15, 0.2) is 12.4 Å². The van der Waals surface area contributed by atoms with Crippen LogP contribution in [0.3, 0.4) is 0 Å². The van der Waals surface area contributed by atoms with Crippen molar-refractivity contribution in [3.05, 3.63) is 18.2 Å². The fourth-order valence-electron chi connectivity index (χ4n) is 2.40. The minimum Gasteiger partial charge on any atom is -0.480 e. The Kier molecular flexibility index (Phi) is 3.48. The van der Waals surface area contributed by atoms with Crippen molar-refractivity contribution in [3.8, 4) is 0 Å². The lowest BCUT2D eigenvalue weighted by Crippen LogP contribution is -2.35. The molecule has 1 saturated carbocycles. The van der Waals surface area contributed by atoms with Gasteiger partial charge in [0.2, 0.25) is 5.65 Å². The van der Waals surface area contributed by atoms with Crippen LogP contribution in [0, 0.1) is 5.92 Å². The van der Waals surface area contributed by atoms with E-state index in [2.05, 4.69) is 20.5 Å². The maximum atomic E-state index is 11.4. The van der Waals surface area contributed by atoms with Crippen LogP contribution >= 0.6 is 0 Å². The van der Waals surface area contributed by atoms with Crippen LogP contribution in [-0.2, 0) is 4.79 Å². The molecule has 0 bridgehead atoms.